The Bertz CT molecular complexity index is 620. The van der Waals surface area contributed by atoms with Crippen LogP contribution in [0.1, 0.15) is 24.4 Å². The number of amides is 4. The zero-order chi connectivity index (χ0) is 16.9. The van der Waals surface area contributed by atoms with Gasteiger partial charge in [0.1, 0.15) is 6.54 Å². The molecular formula is C17H22N4O3. The Hall–Kier alpha value is -2.57. The topological polar surface area (TPSA) is 90.5 Å². The molecule has 0 radical (unpaired) electrons. The van der Waals surface area contributed by atoms with Gasteiger partial charge in [0, 0.05) is 26.1 Å². The largest absolute Gasteiger partial charge is 0.356 e. The highest BCUT2D eigenvalue weighted by atomic mass is 16.2. The first kappa shape index (κ1) is 16.3. The predicted octanol–water partition coefficient (Wildman–Crippen LogP) is 0.395. The first-order chi connectivity index (χ1) is 11.6. The molecule has 1 aromatic rings. The molecule has 2 saturated heterocycles. The number of rotatable bonds is 3. The van der Waals surface area contributed by atoms with Crippen LogP contribution in [-0.2, 0) is 9.59 Å². The maximum Gasteiger partial charge on any atom is 0.318 e. The van der Waals surface area contributed by atoms with Crippen molar-refractivity contribution in [3.05, 3.63) is 35.9 Å². The highest BCUT2D eigenvalue weighted by molar-refractivity contribution is 5.85. The van der Waals surface area contributed by atoms with Crippen molar-refractivity contribution >= 4 is 17.8 Å². The summed E-state index contributed by atoms with van der Waals surface area (Å²) in [4.78, 5) is 37.3. The SMILES string of the molecule is O=C1CC(CNC(=O)N2CC(=O)NCC2c2ccccc2)CCN1. The van der Waals surface area contributed by atoms with E-state index in [-0.39, 0.29) is 36.3 Å². The fraction of sp³-hybridized carbons (Fsp3) is 0.471. The zero-order valence-corrected chi connectivity index (χ0v) is 13.5. The molecule has 0 aromatic heterocycles. The van der Waals surface area contributed by atoms with E-state index >= 15 is 0 Å². The first-order valence-corrected chi connectivity index (χ1v) is 8.26. The van der Waals surface area contributed by atoms with Gasteiger partial charge in [-0.25, -0.2) is 4.79 Å². The van der Waals surface area contributed by atoms with Gasteiger partial charge in [-0.2, -0.15) is 0 Å². The van der Waals surface area contributed by atoms with Crippen molar-refractivity contribution in [3.63, 3.8) is 0 Å². The van der Waals surface area contributed by atoms with Crippen LogP contribution in [0.3, 0.4) is 0 Å². The molecule has 0 aliphatic carbocycles. The van der Waals surface area contributed by atoms with Crippen LogP contribution >= 0.6 is 0 Å². The van der Waals surface area contributed by atoms with E-state index in [1.807, 2.05) is 30.3 Å². The molecule has 7 heteroatoms. The second kappa shape index (κ2) is 7.33. The van der Waals surface area contributed by atoms with Crippen molar-refractivity contribution in [3.8, 4) is 0 Å². The standard InChI is InChI=1S/C17H22N4O3/c22-15-8-12(6-7-18-15)9-20-17(24)21-11-16(23)19-10-14(21)13-4-2-1-3-5-13/h1-5,12,14H,6-11H2,(H,18,22)(H,19,23)(H,20,24). The van der Waals surface area contributed by atoms with Crippen LogP contribution < -0.4 is 16.0 Å². The second-order valence-electron chi connectivity index (χ2n) is 6.25. The minimum atomic E-state index is -0.260. The van der Waals surface area contributed by atoms with Gasteiger partial charge >= 0.3 is 6.03 Å². The first-order valence-electron chi connectivity index (χ1n) is 8.26. The van der Waals surface area contributed by atoms with Crippen LogP contribution in [0.5, 0.6) is 0 Å². The number of carbonyl (C=O) groups excluding carboxylic acids is 3. The van der Waals surface area contributed by atoms with Gasteiger partial charge in [0.2, 0.25) is 11.8 Å². The Labute approximate surface area is 140 Å². The van der Waals surface area contributed by atoms with E-state index in [1.54, 1.807) is 4.90 Å². The third-order valence-electron chi connectivity index (χ3n) is 4.52. The van der Waals surface area contributed by atoms with E-state index in [2.05, 4.69) is 16.0 Å². The summed E-state index contributed by atoms with van der Waals surface area (Å²) < 4.78 is 0. The van der Waals surface area contributed by atoms with Gasteiger partial charge < -0.3 is 20.9 Å². The summed E-state index contributed by atoms with van der Waals surface area (Å²) in [5, 5.41) is 8.49. The van der Waals surface area contributed by atoms with Crippen molar-refractivity contribution in [1.29, 1.82) is 0 Å². The molecule has 2 heterocycles. The van der Waals surface area contributed by atoms with Crippen molar-refractivity contribution in [1.82, 2.24) is 20.9 Å². The Morgan fingerprint density at radius 3 is 2.71 bits per heavy atom. The zero-order valence-electron chi connectivity index (χ0n) is 13.5. The molecule has 2 fully saturated rings. The summed E-state index contributed by atoms with van der Waals surface area (Å²) in [7, 11) is 0. The third kappa shape index (κ3) is 3.84. The highest BCUT2D eigenvalue weighted by Gasteiger charge is 2.31. The van der Waals surface area contributed by atoms with Crippen molar-refractivity contribution in [2.75, 3.05) is 26.2 Å². The van der Waals surface area contributed by atoms with Gasteiger partial charge in [0.05, 0.1) is 6.04 Å². The van der Waals surface area contributed by atoms with Gasteiger partial charge in [-0.15, -0.1) is 0 Å². The molecule has 2 unspecified atom stereocenters. The van der Waals surface area contributed by atoms with Gasteiger partial charge in [0.15, 0.2) is 0 Å². The normalized spacial score (nSPS) is 24.1. The van der Waals surface area contributed by atoms with Gasteiger partial charge in [-0.1, -0.05) is 30.3 Å². The number of hydrogen-bond donors (Lipinski definition) is 3. The third-order valence-corrected chi connectivity index (χ3v) is 4.52. The van der Waals surface area contributed by atoms with Crippen molar-refractivity contribution in [2.45, 2.75) is 18.9 Å². The van der Waals surface area contributed by atoms with Crippen LogP contribution in [0.25, 0.3) is 0 Å². The van der Waals surface area contributed by atoms with Gasteiger partial charge in [-0.05, 0) is 17.9 Å². The second-order valence-corrected chi connectivity index (χ2v) is 6.25. The smallest absolute Gasteiger partial charge is 0.318 e. The Morgan fingerprint density at radius 2 is 1.96 bits per heavy atom. The molecule has 4 amide bonds. The summed E-state index contributed by atoms with van der Waals surface area (Å²) in [5.74, 6) is 0.0193. The van der Waals surface area contributed by atoms with Crippen LogP contribution in [0, 0.1) is 5.92 Å². The minimum Gasteiger partial charge on any atom is -0.356 e. The summed E-state index contributed by atoms with van der Waals surface area (Å²) in [5.41, 5.74) is 0.990. The number of nitrogens with zero attached hydrogens (tertiary/aromatic N) is 1. The fourth-order valence-corrected chi connectivity index (χ4v) is 3.19. The lowest BCUT2D eigenvalue weighted by Crippen LogP contribution is -2.55. The van der Waals surface area contributed by atoms with Crippen molar-refractivity contribution in [2.24, 2.45) is 5.92 Å². The molecule has 0 bridgehead atoms. The van der Waals surface area contributed by atoms with Crippen LogP contribution in [0.15, 0.2) is 30.3 Å². The van der Waals surface area contributed by atoms with Crippen LogP contribution in [-0.4, -0.2) is 48.9 Å². The molecule has 2 aliphatic heterocycles. The van der Waals surface area contributed by atoms with Crippen LogP contribution in [0.2, 0.25) is 0 Å². The van der Waals surface area contributed by atoms with E-state index in [4.69, 9.17) is 0 Å². The van der Waals surface area contributed by atoms with Gasteiger partial charge in [-0.3, -0.25) is 9.59 Å². The molecule has 3 rings (SSSR count). The maximum absolute atomic E-state index is 12.6. The fourth-order valence-electron chi connectivity index (χ4n) is 3.19. The van der Waals surface area contributed by atoms with E-state index in [0.29, 0.717) is 26.1 Å². The maximum atomic E-state index is 12.6. The quantitative estimate of drug-likeness (QED) is 0.749. The number of benzene rings is 1. The summed E-state index contributed by atoms with van der Waals surface area (Å²) in [6, 6.07) is 9.22. The van der Waals surface area contributed by atoms with E-state index in [9.17, 15) is 14.4 Å². The highest BCUT2D eigenvalue weighted by Crippen LogP contribution is 2.22. The molecule has 2 aliphatic rings. The summed E-state index contributed by atoms with van der Waals surface area (Å²) >= 11 is 0. The van der Waals surface area contributed by atoms with Gasteiger partial charge in [0.25, 0.3) is 0 Å². The molecule has 0 spiro atoms. The number of piperazine rings is 1. The number of piperidine rings is 1. The lowest BCUT2D eigenvalue weighted by molar-refractivity contribution is -0.124. The van der Waals surface area contributed by atoms with E-state index in [1.165, 1.54) is 0 Å². The Morgan fingerprint density at radius 1 is 1.17 bits per heavy atom. The van der Waals surface area contributed by atoms with Crippen LogP contribution in [0.4, 0.5) is 4.79 Å². The summed E-state index contributed by atoms with van der Waals surface area (Å²) in [6.45, 7) is 1.54. The lowest BCUT2D eigenvalue weighted by Gasteiger charge is -2.36. The number of urea groups is 1. The minimum absolute atomic E-state index is 0.0278. The summed E-state index contributed by atoms with van der Waals surface area (Å²) in [6.07, 6.45) is 1.29. The van der Waals surface area contributed by atoms with E-state index in [0.717, 1.165) is 12.0 Å². The molecular weight excluding hydrogens is 308 g/mol. The van der Waals surface area contributed by atoms with Crippen molar-refractivity contribution < 1.29 is 14.4 Å². The lowest BCUT2D eigenvalue weighted by atomic mass is 9.97. The number of nitrogens with one attached hydrogen (secondary N) is 3. The number of carbonyl (C=O) groups is 3. The molecule has 0 saturated carbocycles. The average Bonchev–Trinajstić information content (AvgIpc) is 2.60. The van der Waals surface area contributed by atoms with E-state index < -0.39 is 0 Å². The average molecular weight is 330 g/mol. The monoisotopic (exact) mass is 330 g/mol. The predicted molar refractivity (Wildman–Crippen MR) is 88.0 cm³/mol. The molecule has 3 N–H and O–H groups in total. The molecule has 2 atom stereocenters. The Kier molecular flexibility index (Phi) is 4.98. The molecule has 24 heavy (non-hydrogen) atoms. The number of hydrogen-bond acceptors (Lipinski definition) is 3. The molecule has 128 valence electrons. The Balaban J connectivity index is 1.63. The molecule has 1 aromatic carbocycles. The molecule has 7 nitrogen and oxygen atoms in total.